The third-order valence-electron chi connectivity index (χ3n) is 4.78. The van der Waals surface area contributed by atoms with Gasteiger partial charge in [0.1, 0.15) is 0 Å². The van der Waals surface area contributed by atoms with E-state index in [4.69, 9.17) is 5.73 Å². The van der Waals surface area contributed by atoms with Gasteiger partial charge in [-0.3, -0.25) is 14.4 Å². The van der Waals surface area contributed by atoms with Gasteiger partial charge in [0, 0.05) is 27.4 Å². The highest BCUT2D eigenvalue weighted by molar-refractivity contribution is 8.00. The molecule has 164 valence electrons. The number of nitrogens with one attached hydrogen (secondary N) is 2. The zero-order chi connectivity index (χ0) is 23.1. The number of benzene rings is 3. The van der Waals surface area contributed by atoms with Crippen LogP contribution in [-0.2, 0) is 4.79 Å². The molecule has 0 fully saturated rings. The van der Waals surface area contributed by atoms with Crippen LogP contribution in [0.25, 0.3) is 0 Å². The molecule has 7 heteroatoms. The maximum atomic E-state index is 12.7. The molecule has 0 heterocycles. The number of thioether (sulfide) groups is 1. The standard InChI is InChI=1S/C25H25N3O3S/c1-3-22(25(31)27-19-13-11-17(12-14-19)23(26)29)32-21-6-4-5-20(15-21)28-24(30)18-9-7-16(2)8-10-18/h4-15,22H,3H2,1-2H3,(H2,26,29)(H,27,31)(H,28,30). The fourth-order valence-electron chi connectivity index (χ4n) is 2.98. The first-order valence-electron chi connectivity index (χ1n) is 10.2. The molecule has 0 aliphatic carbocycles. The first-order valence-corrected chi connectivity index (χ1v) is 11.1. The van der Waals surface area contributed by atoms with E-state index in [9.17, 15) is 14.4 Å². The Hall–Kier alpha value is -3.58. The van der Waals surface area contributed by atoms with E-state index in [1.807, 2.05) is 50.2 Å². The lowest BCUT2D eigenvalue weighted by Gasteiger charge is -2.15. The molecule has 3 amide bonds. The molecule has 0 aromatic heterocycles. The largest absolute Gasteiger partial charge is 0.366 e. The van der Waals surface area contributed by atoms with Crippen LogP contribution in [0.5, 0.6) is 0 Å². The number of hydrogen-bond donors (Lipinski definition) is 3. The van der Waals surface area contributed by atoms with Gasteiger partial charge in [-0.1, -0.05) is 30.7 Å². The van der Waals surface area contributed by atoms with Gasteiger partial charge in [-0.05, 0) is 67.9 Å². The Labute approximate surface area is 191 Å². The monoisotopic (exact) mass is 447 g/mol. The molecule has 3 aromatic carbocycles. The van der Waals surface area contributed by atoms with Crippen molar-refractivity contribution < 1.29 is 14.4 Å². The van der Waals surface area contributed by atoms with Crippen molar-refractivity contribution in [1.29, 1.82) is 0 Å². The topological polar surface area (TPSA) is 101 Å². The summed E-state index contributed by atoms with van der Waals surface area (Å²) in [6.07, 6.45) is 0.621. The van der Waals surface area contributed by atoms with E-state index < -0.39 is 5.91 Å². The molecule has 4 N–H and O–H groups in total. The first kappa shape index (κ1) is 23.1. The van der Waals surface area contributed by atoms with E-state index in [2.05, 4.69) is 10.6 Å². The summed E-state index contributed by atoms with van der Waals surface area (Å²) in [6.45, 7) is 3.91. The van der Waals surface area contributed by atoms with Crippen LogP contribution in [0, 0.1) is 6.92 Å². The van der Waals surface area contributed by atoms with Crippen LogP contribution in [0.3, 0.4) is 0 Å². The smallest absolute Gasteiger partial charge is 0.255 e. The minimum Gasteiger partial charge on any atom is -0.366 e. The molecule has 0 aliphatic heterocycles. The molecule has 1 unspecified atom stereocenters. The number of carbonyl (C=O) groups excluding carboxylic acids is 3. The van der Waals surface area contributed by atoms with Gasteiger partial charge < -0.3 is 16.4 Å². The normalized spacial score (nSPS) is 11.4. The molecule has 0 aliphatic rings. The first-order chi connectivity index (χ1) is 15.4. The number of rotatable bonds is 8. The van der Waals surface area contributed by atoms with Crippen molar-refractivity contribution in [3.63, 3.8) is 0 Å². The summed E-state index contributed by atoms with van der Waals surface area (Å²) >= 11 is 1.43. The van der Waals surface area contributed by atoms with Gasteiger partial charge in [0.2, 0.25) is 11.8 Å². The average Bonchev–Trinajstić information content (AvgIpc) is 2.78. The molecule has 0 saturated carbocycles. The number of nitrogens with two attached hydrogens (primary N) is 1. The quantitative estimate of drug-likeness (QED) is 0.429. The summed E-state index contributed by atoms with van der Waals surface area (Å²) in [5.74, 6) is -0.839. The van der Waals surface area contributed by atoms with Crippen LogP contribution < -0.4 is 16.4 Å². The van der Waals surface area contributed by atoms with E-state index in [1.54, 1.807) is 36.4 Å². The Morgan fingerprint density at radius 1 is 0.875 bits per heavy atom. The fourth-order valence-corrected chi connectivity index (χ4v) is 4.00. The highest BCUT2D eigenvalue weighted by Crippen LogP contribution is 2.29. The molecule has 0 radical (unpaired) electrons. The van der Waals surface area contributed by atoms with Crippen LogP contribution in [0.2, 0.25) is 0 Å². The molecule has 3 aromatic rings. The Morgan fingerprint density at radius 3 is 2.16 bits per heavy atom. The van der Waals surface area contributed by atoms with Crippen LogP contribution in [0.4, 0.5) is 11.4 Å². The Bertz CT molecular complexity index is 1110. The number of aryl methyl sites for hydroxylation is 1. The summed E-state index contributed by atoms with van der Waals surface area (Å²) in [6, 6.07) is 21.2. The Balaban J connectivity index is 1.64. The minimum absolute atomic E-state index is 0.140. The zero-order valence-electron chi connectivity index (χ0n) is 17.9. The summed E-state index contributed by atoms with van der Waals surface area (Å²) in [5.41, 5.74) is 8.57. The van der Waals surface area contributed by atoms with Crippen molar-refractivity contribution in [2.45, 2.75) is 30.4 Å². The zero-order valence-corrected chi connectivity index (χ0v) is 18.7. The molecule has 0 saturated heterocycles. The summed E-state index contributed by atoms with van der Waals surface area (Å²) in [5, 5.41) is 5.45. The number of carbonyl (C=O) groups is 3. The lowest BCUT2D eigenvalue weighted by molar-refractivity contribution is -0.115. The number of hydrogen-bond acceptors (Lipinski definition) is 4. The van der Waals surface area contributed by atoms with Crippen molar-refractivity contribution in [1.82, 2.24) is 0 Å². The van der Waals surface area contributed by atoms with E-state index >= 15 is 0 Å². The second-order valence-electron chi connectivity index (χ2n) is 7.29. The molecular formula is C25H25N3O3S. The SMILES string of the molecule is CCC(Sc1cccc(NC(=O)c2ccc(C)cc2)c1)C(=O)Nc1ccc(C(N)=O)cc1. The van der Waals surface area contributed by atoms with Crippen LogP contribution in [-0.4, -0.2) is 23.0 Å². The Morgan fingerprint density at radius 2 is 1.53 bits per heavy atom. The molecule has 6 nitrogen and oxygen atoms in total. The third kappa shape index (κ3) is 6.21. The van der Waals surface area contributed by atoms with E-state index in [0.717, 1.165) is 10.5 Å². The van der Waals surface area contributed by atoms with Gasteiger partial charge in [0.25, 0.3) is 5.91 Å². The molecule has 3 rings (SSSR count). The van der Waals surface area contributed by atoms with Crippen LogP contribution in [0.1, 0.15) is 39.6 Å². The van der Waals surface area contributed by atoms with Gasteiger partial charge in [-0.15, -0.1) is 11.8 Å². The van der Waals surface area contributed by atoms with Crippen LogP contribution >= 0.6 is 11.8 Å². The van der Waals surface area contributed by atoms with Crippen molar-refractivity contribution in [3.05, 3.63) is 89.5 Å². The van der Waals surface area contributed by atoms with Gasteiger partial charge in [0.05, 0.1) is 5.25 Å². The fraction of sp³-hybridized carbons (Fsp3) is 0.160. The van der Waals surface area contributed by atoms with Gasteiger partial charge in [0.15, 0.2) is 0 Å². The van der Waals surface area contributed by atoms with E-state index in [1.165, 1.54) is 11.8 Å². The maximum Gasteiger partial charge on any atom is 0.255 e. The molecule has 0 spiro atoms. The third-order valence-corrected chi connectivity index (χ3v) is 6.14. The lowest BCUT2D eigenvalue weighted by atomic mass is 10.1. The number of primary amides is 1. The van der Waals surface area contributed by atoms with Crippen molar-refractivity contribution >= 4 is 40.9 Å². The maximum absolute atomic E-state index is 12.7. The highest BCUT2D eigenvalue weighted by atomic mass is 32.2. The van der Waals surface area contributed by atoms with Crippen molar-refractivity contribution in [3.8, 4) is 0 Å². The summed E-state index contributed by atoms with van der Waals surface area (Å²) < 4.78 is 0. The van der Waals surface area contributed by atoms with Crippen molar-refractivity contribution in [2.24, 2.45) is 5.73 Å². The van der Waals surface area contributed by atoms with Gasteiger partial charge >= 0.3 is 0 Å². The summed E-state index contributed by atoms with van der Waals surface area (Å²) in [7, 11) is 0. The van der Waals surface area contributed by atoms with Crippen LogP contribution in [0.15, 0.2) is 77.7 Å². The molecule has 1 atom stereocenters. The Kier molecular flexibility index (Phi) is 7.68. The second-order valence-corrected chi connectivity index (χ2v) is 8.57. The van der Waals surface area contributed by atoms with Gasteiger partial charge in [-0.2, -0.15) is 0 Å². The minimum atomic E-state index is -0.515. The average molecular weight is 448 g/mol. The number of anilines is 2. The van der Waals surface area contributed by atoms with Crippen molar-refractivity contribution in [2.75, 3.05) is 10.6 Å². The van der Waals surface area contributed by atoms with E-state index in [0.29, 0.717) is 28.9 Å². The lowest BCUT2D eigenvalue weighted by Crippen LogP contribution is -2.24. The van der Waals surface area contributed by atoms with Gasteiger partial charge in [-0.25, -0.2) is 0 Å². The second kappa shape index (κ2) is 10.6. The molecular weight excluding hydrogens is 422 g/mol. The number of amides is 3. The predicted molar refractivity (Wildman–Crippen MR) is 129 cm³/mol. The molecule has 0 bridgehead atoms. The predicted octanol–water partition coefficient (Wildman–Crippen LogP) is 4.86. The summed E-state index contributed by atoms with van der Waals surface area (Å²) in [4.78, 5) is 37.3. The highest BCUT2D eigenvalue weighted by Gasteiger charge is 2.18. The molecule has 32 heavy (non-hydrogen) atoms. The van der Waals surface area contributed by atoms with E-state index in [-0.39, 0.29) is 17.1 Å².